The number of amides is 1. The van der Waals surface area contributed by atoms with Gasteiger partial charge in [-0.2, -0.15) is 10.4 Å². The number of nitrogens with two attached hydrogens (primary N) is 1. The van der Waals surface area contributed by atoms with Crippen LogP contribution in [-0.2, 0) is 13.6 Å². The number of nitrogen functional groups attached to an aromatic ring is 1. The highest BCUT2D eigenvalue weighted by molar-refractivity contribution is 6.05. The second kappa shape index (κ2) is 8.29. The lowest BCUT2D eigenvalue weighted by atomic mass is 9.95. The molecule has 0 spiro atoms. The number of aryl methyl sites for hydroxylation is 1. The summed E-state index contributed by atoms with van der Waals surface area (Å²) in [7, 11) is 1.93. The maximum atomic E-state index is 13.3. The van der Waals surface area contributed by atoms with Gasteiger partial charge in [-0.05, 0) is 54.8 Å². The van der Waals surface area contributed by atoms with Gasteiger partial charge in [-0.25, -0.2) is 0 Å². The maximum Gasteiger partial charge on any atom is 0.256 e. The number of hydrogen-bond acceptors (Lipinski definition) is 5. The molecule has 0 aliphatic carbocycles. The number of nitriles is 1. The summed E-state index contributed by atoms with van der Waals surface area (Å²) in [6.45, 7) is 3.71. The predicted molar refractivity (Wildman–Crippen MR) is 125 cm³/mol. The number of fused-ring (bicyclic) bond motifs is 2. The molecule has 2 N–H and O–H groups in total. The van der Waals surface area contributed by atoms with Crippen molar-refractivity contribution in [3.05, 3.63) is 47.7 Å². The first-order chi connectivity index (χ1) is 15.5. The van der Waals surface area contributed by atoms with Crippen molar-refractivity contribution in [2.45, 2.75) is 25.8 Å². The van der Waals surface area contributed by atoms with Crippen molar-refractivity contribution >= 4 is 22.5 Å². The van der Waals surface area contributed by atoms with E-state index in [-0.39, 0.29) is 11.8 Å². The number of rotatable bonds is 5. The molecular weight excluding hydrogens is 400 g/mol. The van der Waals surface area contributed by atoms with Crippen molar-refractivity contribution in [1.29, 1.82) is 5.26 Å². The number of piperidine rings is 1. The molecule has 1 amide bonds. The molecule has 1 unspecified atom stereocenters. The molecule has 0 radical (unpaired) electrons. The van der Waals surface area contributed by atoms with Crippen LogP contribution in [0.4, 0.5) is 5.69 Å². The van der Waals surface area contributed by atoms with Crippen molar-refractivity contribution in [3.63, 3.8) is 0 Å². The topological polar surface area (TPSA) is 91.2 Å². The Hall–Kier alpha value is -3.37. The molecule has 7 nitrogen and oxygen atoms in total. The van der Waals surface area contributed by atoms with Crippen LogP contribution < -0.4 is 5.73 Å². The third-order valence-electron chi connectivity index (χ3n) is 6.81. The van der Waals surface area contributed by atoms with Gasteiger partial charge in [0.2, 0.25) is 0 Å². The van der Waals surface area contributed by atoms with E-state index in [2.05, 4.69) is 34.3 Å². The standard InChI is InChI=1S/C25H28N6O/c1-29-23-11-18(5-6-19(23)13-28-29)20-7-8-22(27)24-21(20)16-31(25(24)32)15-17(12-26)14-30-9-3-2-4-10-30/h5-8,11,13,17H,2-4,9-10,14-16,27H2,1H3. The third-order valence-corrected chi connectivity index (χ3v) is 6.81. The van der Waals surface area contributed by atoms with Gasteiger partial charge in [0.25, 0.3) is 5.91 Å². The van der Waals surface area contributed by atoms with Gasteiger partial charge in [0.1, 0.15) is 0 Å². The monoisotopic (exact) mass is 428 g/mol. The average Bonchev–Trinajstić information content (AvgIpc) is 3.34. The normalized spacial score (nSPS) is 17.5. The molecule has 0 saturated carbocycles. The summed E-state index contributed by atoms with van der Waals surface area (Å²) in [6.07, 6.45) is 5.49. The zero-order chi connectivity index (χ0) is 22.2. The molecule has 164 valence electrons. The Balaban J connectivity index is 1.42. The van der Waals surface area contributed by atoms with Gasteiger partial charge in [-0.15, -0.1) is 0 Å². The molecule has 32 heavy (non-hydrogen) atoms. The zero-order valence-electron chi connectivity index (χ0n) is 18.4. The SMILES string of the molecule is Cn1ncc2ccc(-c3ccc(N)c4c3CN(CC(C#N)CN3CCCCC3)C4=O)cc21. The number of anilines is 1. The molecule has 1 fully saturated rings. The second-order valence-electron chi connectivity index (χ2n) is 8.97. The molecule has 1 atom stereocenters. The van der Waals surface area contributed by atoms with Gasteiger partial charge in [0.15, 0.2) is 0 Å². The first-order valence-corrected chi connectivity index (χ1v) is 11.3. The second-order valence-corrected chi connectivity index (χ2v) is 8.97. The number of carbonyl (C=O) groups excluding carboxylic acids is 1. The molecule has 2 aliphatic heterocycles. The van der Waals surface area contributed by atoms with Crippen LogP contribution in [0.25, 0.3) is 22.0 Å². The summed E-state index contributed by atoms with van der Waals surface area (Å²) in [6, 6.07) is 12.5. The van der Waals surface area contributed by atoms with Crippen LogP contribution >= 0.6 is 0 Å². The van der Waals surface area contributed by atoms with Gasteiger partial charge in [-0.3, -0.25) is 9.48 Å². The molecule has 3 aromatic rings. The van der Waals surface area contributed by atoms with Gasteiger partial charge >= 0.3 is 0 Å². The first-order valence-electron chi connectivity index (χ1n) is 11.3. The summed E-state index contributed by atoms with van der Waals surface area (Å²) in [5.74, 6) is -0.276. The fraction of sp³-hybridized carbons (Fsp3) is 0.400. The van der Waals surface area contributed by atoms with Crippen molar-refractivity contribution in [2.24, 2.45) is 13.0 Å². The van der Waals surface area contributed by atoms with E-state index in [0.29, 0.717) is 24.3 Å². The lowest BCUT2D eigenvalue weighted by Crippen LogP contribution is -2.38. The fourth-order valence-electron chi connectivity index (χ4n) is 5.09. The minimum Gasteiger partial charge on any atom is -0.398 e. The summed E-state index contributed by atoms with van der Waals surface area (Å²) in [4.78, 5) is 17.4. The van der Waals surface area contributed by atoms with Gasteiger partial charge in [-0.1, -0.05) is 24.6 Å². The van der Waals surface area contributed by atoms with E-state index < -0.39 is 0 Å². The van der Waals surface area contributed by atoms with E-state index in [1.165, 1.54) is 19.3 Å². The highest BCUT2D eigenvalue weighted by Gasteiger charge is 2.33. The van der Waals surface area contributed by atoms with E-state index >= 15 is 0 Å². The van der Waals surface area contributed by atoms with Gasteiger partial charge < -0.3 is 15.5 Å². The molecule has 5 rings (SSSR count). The Morgan fingerprint density at radius 3 is 2.75 bits per heavy atom. The molecule has 1 saturated heterocycles. The number of carbonyl (C=O) groups is 1. The third kappa shape index (κ3) is 3.61. The van der Waals surface area contributed by atoms with Crippen molar-refractivity contribution in [3.8, 4) is 17.2 Å². The first kappa shape index (κ1) is 20.5. The summed E-state index contributed by atoms with van der Waals surface area (Å²) in [5, 5.41) is 15.2. The number of nitrogens with zero attached hydrogens (tertiary/aromatic N) is 5. The highest BCUT2D eigenvalue weighted by atomic mass is 16.2. The molecular formula is C25H28N6O. The Bertz CT molecular complexity index is 1220. The molecule has 0 bridgehead atoms. The van der Waals surface area contributed by atoms with Crippen LogP contribution in [0.3, 0.4) is 0 Å². The Morgan fingerprint density at radius 2 is 1.97 bits per heavy atom. The van der Waals surface area contributed by atoms with E-state index in [1.807, 2.05) is 30.1 Å². The fourth-order valence-corrected chi connectivity index (χ4v) is 5.09. The average molecular weight is 429 g/mol. The van der Waals surface area contributed by atoms with Crippen LogP contribution in [0.5, 0.6) is 0 Å². The molecule has 1 aromatic heterocycles. The summed E-state index contributed by atoms with van der Waals surface area (Å²) in [5.41, 5.74) is 11.4. The summed E-state index contributed by atoms with van der Waals surface area (Å²) < 4.78 is 1.85. The molecule has 2 aliphatic rings. The van der Waals surface area contributed by atoms with Gasteiger partial charge in [0.05, 0.1) is 29.3 Å². The number of likely N-dealkylation sites (tertiary alicyclic amines) is 1. The number of aromatic nitrogens is 2. The maximum absolute atomic E-state index is 13.3. The largest absolute Gasteiger partial charge is 0.398 e. The van der Waals surface area contributed by atoms with Crippen LogP contribution in [-0.4, -0.2) is 51.7 Å². The lowest BCUT2D eigenvalue weighted by Gasteiger charge is -2.29. The number of benzene rings is 2. The van der Waals surface area contributed by atoms with E-state index in [0.717, 1.165) is 47.2 Å². The minimum atomic E-state index is -0.207. The molecule has 3 heterocycles. The van der Waals surface area contributed by atoms with Crippen molar-refractivity contribution < 1.29 is 4.79 Å². The van der Waals surface area contributed by atoms with Crippen LogP contribution in [0.1, 0.15) is 35.2 Å². The molecule has 7 heteroatoms. The van der Waals surface area contributed by atoms with Crippen molar-refractivity contribution in [1.82, 2.24) is 19.6 Å². The van der Waals surface area contributed by atoms with Crippen LogP contribution in [0.2, 0.25) is 0 Å². The minimum absolute atomic E-state index is 0.0696. The van der Waals surface area contributed by atoms with Gasteiger partial charge in [0, 0.05) is 37.8 Å². The van der Waals surface area contributed by atoms with Crippen LogP contribution in [0, 0.1) is 17.2 Å². The zero-order valence-corrected chi connectivity index (χ0v) is 18.4. The summed E-state index contributed by atoms with van der Waals surface area (Å²) >= 11 is 0. The Kier molecular flexibility index (Phi) is 5.32. The molecule has 2 aromatic carbocycles. The Morgan fingerprint density at radius 1 is 1.16 bits per heavy atom. The van der Waals surface area contributed by atoms with E-state index in [9.17, 15) is 10.1 Å². The smallest absolute Gasteiger partial charge is 0.256 e. The highest BCUT2D eigenvalue weighted by Crippen LogP contribution is 2.37. The van der Waals surface area contributed by atoms with Crippen molar-refractivity contribution in [2.75, 3.05) is 31.9 Å². The van der Waals surface area contributed by atoms with E-state index in [4.69, 9.17) is 5.73 Å². The lowest BCUT2D eigenvalue weighted by molar-refractivity contribution is 0.0750. The van der Waals surface area contributed by atoms with Crippen LogP contribution in [0.15, 0.2) is 36.5 Å². The van der Waals surface area contributed by atoms with E-state index in [1.54, 1.807) is 4.90 Å². The number of hydrogen-bond donors (Lipinski definition) is 1. The predicted octanol–water partition coefficient (Wildman–Crippen LogP) is 3.40. The quantitative estimate of drug-likeness (QED) is 0.629. The Labute approximate surface area is 188 Å².